The van der Waals surface area contributed by atoms with Gasteiger partial charge in [-0.3, -0.25) is 14.2 Å². The predicted octanol–water partition coefficient (Wildman–Crippen LogP) is 2.95. The number of amides is 1. The molecule has 6 nitrogen and oxygen atoms in total. The van der Waals surface area contributed by atoms with Crippen molar-refractivity contribution in [3.8, 4) is 0 Å². The highest BCUT2D eigenvalue weighted by Crippen LogP contribution is 2.35. The molecule has 134 valence electrons. The number of carbonyl (C=O) groups excluding carboxylic acids is 2. The van der Waals surface area contributed by atoms with E-state index in [4.69, 9.17) is 0 Å². The molecule has 1 heterocycles. The van der Waals surface area contributed by atoms with Crippen molar-refractivity contribution in [2.75, 3.05) is 10.6 Å². The Kier molecular flexibility index (Phi) is 4.41. The molecule has 26 heavy (non-hydrogen) atoms. The summed E-state index contributed by atoms with van der Waals surface area (Å²) in [6, 6.07) is 15.6. The van der Waals surface area contributed by atoms with E-state index in [0.717, 1.165) is 10.6 Å². The number of sulfonamides is 1. The van der Waals surface area contributed by atoms with Gasteiger partial charge in [0.05, 0.1) is 17.5 Å². The zero-order valence-electron chi connectivity index (χ0n) is 14.6. The molecule has 0 spiro atoms. The molecule has 0 aliphatic rings. The molecule has 1 amide bonds. The number of para-hydroxylation sites is 1. The first-order valence-electron chi connectivity index (χ1n) is 7.94. The van der Waals surface area contributed by atoms with Crippen molar-refractivity contribution in [3.05, 3.63) is 65.9 Å². The fraction of sp³-hybridized carbons (Fsp3) is 0.158. The van der Waals surface area contributed by atoms with Crippen molar-refractivity contribution in [3.63, 3.8) is 0 Å². The molecule has 0 saturated heterocycles. The van der Waals surface area contributed by atoms with Crippen molar-refractivity contribution in [2.24, 2.45) is 0 Å². The van der Waals surface area contributed by atoms with E-state index in [2.05, 4.69) is 0 Å². The van der Waals surface area contributed by atoms with Gasteiger partial charge < -0.3 is 0 Å². The Balaban J connectivity index is 2.36. The van der Waals surface area contributed by atoms with Crippen LogP contribution in [0.4, 0.5) is 5.69 Å². The minimum absolute atomic E-state index is 0.208. The molecule has 2 aromatic carbocycles. The third-order valence-electron chi connectivity index (χ3n) is 4.12. The number of hydrogen-bond acceptors (Lipinski definition) is 4. The first-order chi connectivity index (χ1) is 12.2. The second-order valence-electron chi connectivity index (χ2n) is 6.00. The minimum atomic E-state index is -3.85. The van der Waals surface area contributed by atoms with E-state index >= 15 is 0 Å². The summed E-state index contributed by atoms with van der Waals surface area (Å²) in [4.78, 5) is 25.1. The first-order valence-corrected chi connectivity index (χ1v) is 9.79. The van der Waals surface area contributed by atoms with Gasteiger partial charge in [-0.25, -0.2) is 12.7 Å². The van der Waals surface area contributed by atoms with Gasteiger partial charge in [0, 0.05) is 23.6 Å². The third kappa shape index (κ3) is 2.90. The molecule has 3 rings (SSSR count). The van der Waals surface area contributed by atoms with Crippen LogP contribution in [0.3, 0.4) is 0 Å². The molecule has 0 saturated carbocycles. The molecule has 0 radical (unpaired) electrons. The van der Waals surface area contributed by atoms with E-state index in [9.17, 15) is 18.0 Å². The van der Waals surface area contributed by atoms with Gasteiger partial charge in [0.2, 0.25) is 15.9 Å². The van der Waals surface area contributed by atoms with Gasteiger partial charge in [-0.15, -0.1) is 0 Å². The number of anilines is 1. The number of hydrogen-bond donors (Lipinski definition) is 0. The molecule has 0 unspecified atom stereocenters. The smallest absolute Gasteiger partial charge is 0.262 e. The summed E-state index contributed by atoms with van der Waals surface area (Å²) >= 11 is 0. The standard InChI is InChI=1S/C19H18N2O4S/c1-13-18(21(14(2)22)26(3,24)25)16-11-7-8-12-17(16)20(13)19(23)15-9-5-4-6-10-15/h4-12H,1-3H3. The molecule has 1 aromatic heterocycles. The van der Waals surface area contributed by atoms with Gasteiger partial charge in [-0.1, -0.05) is 36.4 Å². The number of fused-ring (bicyclic) bond motifs is 1. The van der Waals surface area contributed by atoms with Crippen LogP contribution in [0.5, 0.6) is 0 Å². The molecule has 0 N–H and O–H groups in total. The average molecular weight is 370 g/mol. The van der Waals surface area contributed by atoms with Crippen LogP contribution in [0, 0.1) is 6.92 Å². The molecule has 0 fully saturated rings. The lowest BCUT2D eigenvalue weighted by molar-refractivity contribution is -0.115. The summed E-state index contributed by atoms with van der Waals surface area (Å²) in [7, 11) is -3.85. The number of rotatable bonds is 3. The lowest BCUT2D eigenvalue weighted by atomic mass is 10.2. The molecule has 0 atom stereocenters. The normalized spacial score (nSPS) is 11.5. The number of benzene rings is 2. The molecule has 0 aliphatic carbocycles. The summed E-state index contributed by atoms with van der Waals surface area (Å²) in [6.07, 6.45) is 0.971. The van der Waals surface area contributed by atoms with Crippen molar-refractivity contribution >= 4 is 38.4 Å². The van der Waals surface area contributed by atoms with Gasteiger partial charge in [-0.2, -0.15) is 0 Å². The Morgan fingerprint density at radius 1 is 0.962 bits per heavy atom. The molecule has 7 heteroatoms. The summed E-state index contributed by atoms with van der Waals surface area (Å²) in [5, 5.41) is 0.523. The molecule has 0 bridgehead atoms. The van der Waals surface area contributed by atoms with E-state index in [1.807, 2.05) is 6.07 Å². The number of carbonyl (C=O) groups is 2. The van der Waals surface area contributed by atoms with Crippen LogP contribution >= 0.6 is 0 Å². The minimum Gasteiger partial charge on any atom is -0.278 e. The maximum Gasteiger partial charge on any atom is 0.262 e. The Morgan fingerprint density at radius 2 is 1.54 bits per heavy atom. The van der Waals surface area contributed by atoms with Crippen LogP contribution in [0.2, 0.25) is 0 Å². The van der Waals surface area contributed by atoms with E-state index < -0.39 is 15.9 Å². The molecular formula is C19H18N2O4S. The maximum atomic E-state index is 13.0. The second kappa shape index (κ2) is 6.42. The average Bonchev–Trinajstić information content (AvgIpc) is 2.86. The molecular weight excluding hydrogens is 352 g/mol. The van der Waals surface area contributed by atoms with E-state index in [0.29, 0.717) is 22.2 Å². The van der Waals surface area contributed by atoms with E-state index in [-0.39, 0.29) is 11.6 Å². The number of nitrogens with zero attached hydrogens (tertiary/aromatic N) is 2. The van der Waals surface area contributed by atoms with Crippen molar-refractivity contribution in [1.29, 1.82) is 0 Å². The van der Waals surface area contributed by atoms with E-state index in [1.165, 1.54) is 11.5 Å². The Hall–Kier alpha value is -2.93. The van der Waals surface area contributed by atoms with Crippen molar-refractivity contribution < 1.29 is 18.0 Å². The highest BCUT2D eigenvalue weighted by Gasteiger charge is 2.30. The van der Waals surface area contributed by atoms with Gasteiger partial charge in [0.1, 0.15) is 0 Å². The van der Waals surface area contributed by atoms with Crippen molar-refractivity contribution in [2.45, 2.75) is 13.8 Å². The molecule has 0 aliphatic heterocycles. The molecule has 3 aromatic rings. The Bertz CT molecular complexity index is 1120. The summed E-state index contributed by atoms with van der Waals surface area (Å²) in [5.74, 6) is -0.923. The Morgan fingerprint density at radius 3 is 2.12 bits per heavy atom. The summed E-state index contributed by atoms with van der Waals surface area (Å²) in [5.41, 5.74) is 1.61. The monoisotopic (exact) mass is 370 g/mol. The zero-order valence-corrected chi connectivity index (χ0v) is 15.4. The maximum absolute atomic E-state index is 13.0. The summed E-state index contributed by atoms with van der Waals surface area (Å²) in [6.45, 7) is 2.82. The van der Waals surface area contributed by atoms with Gasteiger partial charge >= 0.3 is 0 Å². The SMILES string of the molecule is CC(=O)N(c1c(C)n(C(=O)c2ccccc2)c2ccccc12)S(C)(=O)=O. The van der Waals surface area contributed by atoms with E-state index in [1.54, 1.807) is 55.5 Å². The highest BCUT2D eigenvalue weighted by atomic mass is 32.2. The highest BCUT2D eigenvalue weighted by molar-refractivity contribution is 7.92. The fourth-order valence-electron chi connectivity index (χ4n) is 3.14. The van der Waals surface area contributed by atoms with Gasteiger partial charge in [0.25, 0.3) is 5.91 Å². The zero-order chi connectivity index (χ0) is 19.1. The Labute approximate surface area is 151 Å². The second-order valence-corrected chi connectivity index (χ2v) is 7.84. The van der Waals surface area contributed by atoms with Crippen molar-refractivity contribution in [1.82, 2.24) is 4.57 Å². The predicted molar refractivity (Wildman–Crippen MR) is 101 cm³/mol. The summed E-state index contributed by atoms with van der Waals surface area (Å²) < 4.78 is 26.7. The van der Waals surface area contributed by atoms with Crippen LogP contribution in [-0.4, -0.2) is 31.1 Å². The van der Waals surface area contributed by atoms with Crippen LogP contribution in [-0.2, 0) is 14.8 Å². The topological polar surface area (TPSA) is 76.5 Å². The van der Waals surface area contributed by atoms with Crippen LogP contribution in [0.25, 0.3) is 10.9 Å². The van der Waals surface area contributed by atoms with Crippen LogP contribution < -0.4 is 4.31 Å². The quantitative estimate of drug-likeness (QED) is 0.710. The number of aromatic nitrogens is 1. The lowest BCUT2D eigenvalue weighted by Crippen LogP contribution is -2.34. The van der Waals surface area contributed by atoms with Gasteiger partial charge in [0.15, 0.2) is 0 Å². The first kappa shape index (κ1) is 17.9. The van der Waals surface area contributed by atoms with Crippen LogP contribution in [0.1, 0.15) is 23.0 Å². The fourth-order valence-corrected chi connectivity index (χ4v) is 4.16. The lowest BCUT2D eigenvalue weighted by Gasteiger charge is -2.19. The largest absolute Gasteiger partial charge is 0.278 e. The van der Waals surface area contributed by atoms with Crippen LogP contribution in [0.15, 0.2) is 54.6 Å². The van der Waals surface area contributed by atoms with Gasteiger partial charge in [-0.05, 0) is 25.1 Å². The third-order valence-corrected chi connectivity index (χ3v) is 5.23.